The first-order valence-electron chi connectivity index (χ1n) is 5.90. The first-order valence-corrected chi connectivity index (χ1v) is 7.51. The topological polar surface area (TPSA) is 63.8 Å². The van der Waals surface area contributed by atoms with E-state index in [1.54, 1.807) is 11.3 Å². The summed E-state index contributed by atoms with van der Waals surface area (Å²) in [5, 5.41) is 0. The van der Waals surface area contributed by atoms with Crippen LogP contribution in [-0.2, 0) is 12.8 Å². The van der Waals surface area contributed by atoms with E-state index in [4.69, 9.17) is 5.84 Å². The van der Waals surface area contributed by atoms with E-state index in [1.165, 1.54) is 18.4 Å². The molecule has 1 aliphatic carbocycles. The Hall–Kier alpha value is -0.980. The molecule has 0 atom stereocenters. The summed E-state index contributed by atoms with van der Waals surface area (Å²) in [6.45, 7) is 0. The van der Waals surface area contributed by atoms with Gasteiger partial charge >= 0.3 is 0 Å². The highest BCUT2D eigenvalue weighted by Gasteiger charge is 2.18. The van der Waals surface area contributed by atoms with E-state index in [0.29, 0.717) is 0 Å². The van der Waals surface area contributed by atoms with Crippen molar-refractivity contribution in [2.24, 2.45) is 5.84 Å². The fourth-order valence-electron chi connectivity index (χ4n) is 2.26. The third-order valence-electron chi connectivity index (χ3n) is 3.11. The molecule has 6 heteroatoms. The van der Waals surface area contributed by atoms with Crippen LogP contribution in [0.1, 0.15) is 24.1 Å². The lowest BCUT2D eigenvalue weighted by Gasteiger charge is -2.18. The van der Waals surface area contributed by atoms with Gasteiger partial charge in [-0.05, 0) is 53.7 Å². The van der Waals surface area contributed by atoms with Gasteiger partial charge < -0.3 is 5.43 Å². The van der Waals surface area contributed by atoms with Crippen LogP contribution in [0.15, 0.2) is 15.9 Å². The summed E-state index contributed by atoms with van der Waals surface area (Å²) in [7, 11) is 0. The molecule has 0 bridgehead atoms. The maximum atomic E-state index is 5.58. The fraction of sp³-hybridized carbons (Fsp3) is 0.333. The smallest absolute Gasteiger partial charge is 0.171 e. The van der Waals surface area contributed by atoms with E-state index < -0.39 is 0 Å². The molecule has 4 nitrogen and oxygen atoms in total. The van der Waals surface area contributed by atoms with Crippen LogP contribution in [0.4, 0.5) is 5.82 Å². The first-order chi connectivity index (χ1) is 8.78. The number of thiophene rings is 1. The number of hydrogen-bond acceptors (Lipinski definition) is 5. The van der Waals surface area contributed by atoms with Crippen LogP contribution in [-0.4, -0.2) is 9.97 Å². The van der Waals surface area contributed by atoms with Crippen molar-refractivity contribution in [2.45, 2.75) is 25.7 Å². The molecule has 1 aliphatic rings. The van der Waals surface area contributed by atoms with E-state index in [-0.39, 0.29) is 0 Å². The molecule has 3 N–H and O–H groups in total. The van der Waals surface area contributed by atoms with Crippen molar-refractivity contribution in [1.29, 1.82) is 0 Å². The average Bonchev–Trinajstić information content (AvgIpc) is 2.84. The van der Waals surface area contributed by atoms with Crippen LogP contribution >= 0.6 is 27.3 Å². The number of nitrogens with two attached hydrogens (primary N) is 1. The number of nitrogen functional groups attached to an aromatic ring is 1. The highest BCUT2D eigenvalue weighted by molar-refractivity contribution is 9.11. The van der Waals surface area contributed by atoms with Gasteiger partial charge in [0, 0.05) is 11.3 Å². The largest absolute Gasteiger partial charge is 0.308 e. The maximum Gasteiger partial charge on any atom is 0.171 e. The van der Waals surface area contributed by atoms with E-state index in [0.717, 1.165) is 38.8 Å². The predicted octanol–water partition coefficient (Wildman–Crippen LogP) is 3.13. The number of halogens is 1. The Bertz CT molecular complexity index is 564. The summed E-state index contributed by atoms with van der Waals surface area (Å²) in [6.07, 6.45) is 4.42. The maximum absolute atomic E-state index is 5.58. The molecule has 18 heavy (non-hydrogen) atoms. The van der Waals surface area contributed by atoms with E-state index in [2.05, 4.69) is 31.3 Å². The molecule has 3 rings (SSSR count). The molecule has 0 spiro atoms. The lowest BCUT2D eigenvalue weighted by Crippen LogP contribution is -2.16. The Morgan fingerprint density at radius 1 is 1.22 bits per heavy atom. The summed E-state index contributed by atoms with van der Waals surface area (Å²) in [5.74, 6) is 7.12. The van der Waals surface area contributed by atoms with Crippen LogP contribution in [0.5, 0.6) is 0 Å². The lowest BCUT2D eigenvalue weighted by molar-refractivity contribution is 0.665. The van der Waals surface area contributed by atoms with Gasteiger partial charge in [-0.3, -0.25) is 0 Å². The number of hydrogen-bond donors (Lipinski definition) is 2. The Morgan fingerprint density at radius 2 is 2.06 bits per heavy atom. The third-order valence-corrected chi connectivity index (χ3v) is 4.73. The van der Waals surface area contributed by atoms with Crippen molar-refractivity contribution < 1.29 is 0 Å². The summed E-state index contributed by atoms with van der Waals surface area (Å²) in [4.78, 5) is 10.3. The van der Waals surface area contributed by atoms with Crippen molar-refractivity contribution in [3.05, 3.63) is 27.2 Å². The number of nitrogens with zero attached hydrogens (tertiary/aromatic N) is 2. The van der Waals surface area contributed by atoms with Gasteiger partial charge in [0.1, 0.15) is 5.82 Å². The average molecular weight is 325 g/mol. The van der Waals surface area contributed by atoms with Crippen LogP contribution < -0.4 is 11.3 Å². The van der Waals surface area contributed by atoms with Crippen LogP contribution in [0.3, 0.4) is 0 Å². The summed E-state index contributed by atoms with van der Waals surface area (Å²) >= 11 is 5.10. The number of aromatic nitrogens is 2. The molecule has 0 saturated heterocycles. The van der Waals surface area contributed by atoms with E-state index >= 15 is 0 Å². The molecule has 2 heterocycles. The molecule has 94 valence electrons. The zero-order valence-electron chi connectivity index (χ0n) is 9.74. The summed E-state index contributed by atoms with van der Waals surface area (Å²) in [6, 6.07) is 4.04. The minimum Gasteiger partial charge on any atom is -0.308 e. The van der Waals surface area contributed by atoms with Gasteiger partial charge in [-0.1, -0.05) is 0 Å². The molecule has 0 aliphatic heterocycles. The number of anilines is 1. The van der Waals surface area contributed by atoms with Crippen LogP contribution in [0.2, 0.25) is 0 Å². The second-order valence-corrected chi connectivity index (χ2v) is 6.74. The molecule has 0 saturated carbocycles. The highest BCUT2D eigenvalue weighted by atomic mass is 79.9. The van der Waals surface area contributed by atoms with Gasteiger partial charge in [0.05, 0.1) is 8.66 Å². The predicted molar refractivity (Wildman–Crippen MR) is 77.5 cm³/mol. The number of nitrogens with one attached hydrogen (secondary N) is 1. The number of aryl methyl sites for hydroxylation is 1. The molecule has 0 aromatic carbocycles. The molecular formula is C12H13BrN4S. The molecule has 0 fully saturated rings. The third kappa shape index (κ3) is 2.15. The quantitative estimate of drug-likeness (QED) is 0.658. The second kappa shape index (κ2) is 4.95. The fourth-order valence-corrected chi connectivity index (χ4v) is 3.58. The molecule has 0 radical (unpaired) electrons. The number of hydrazine groups is 1. The highest BCUT2D eigenvalue weighted by Crippen LogP contribution is 2.32. The van der Waals surface area contributed by atoms with E-state index in [9.17, 15) is 0 Å². The SMILES string of the molecule is NNc1nc(-c2ccc(Br)s2)nc2c1CCCC2. The second-order valence-electron chi connectivity index (χ2n) is 4.28. The number of fused-ring (bicyclic) bond motifs is 1. The molecular weight excluding hydrogens is 312 g/mol. The lowest BCUT2D eigenvalue weighted by atomic mass is 9.96. The summed E-state index contributed by atoms with van der Waals surface area (Å²) in [5.41, 5.74) is 5.04. The monoisotopic (exact) mass is 324 g/mol. The summed E-state index contributed by atoms with van der Waals surface area (Å²) < 4.78 is 1.08. The van der Waals surface area contributed by atoms with Crippen molar-refractivity contribution in [3.8, 4) is 10.7 Å². The van der Waals surface area contributed by atoms with Gasteiger partial charge in [-0.25, -0.2) is 15.8 Å². The Labute approximate surface area is 118 Å². The molecule has 0 unspecified atom stereocenters. The van der Waals surface area contributed by atoms with Crippen LogP contribution in [0.25, 0.3) is 10.7 Å². The molecule has 0 amide bonds. The van der Waals surface area contributed by atoms with Gasteiger partial charge in [0.2, 0.25) is 0 Å². The number of rotatable bonds is 2. The Balaban J connectivity index is 2.11. The minimum absolute atomic E-state index is 0.763. The standard InChI is InChI=1S/C12H13BrN4S/c13-10-6-5-9(18-10)12-15-8-4-2-1-3-7(8)11(16-12)17-14/h5-6H,1-4,14H2,(H,15,16,17). The van der Waals surface area contributed by atoms with Gasteiger partial charge in [-0.2, -0.15) is 0 Å². The van der Waals surface area contributed by atoms with Gasteiger partial charge in [0.15, 0.2) is 5.82 Å². The van der Waals surface area contributed by atoms with Gasteiger partial charge in [0.25, 0.3) is 0 Å². The van der Waals surface area contributed by atoms with Crippen molar-refractivity contribution in [3.63, 3.8) is 0 Å². The van der Waals surface area contributed by atoms with Gasteiger partial charge in [-0.15, -0.1) is 11.3 Å². The molecule has 2 aromatic rings. The van der Waals surface area contributed by atoms with Crippen molar-refractivity contribution >= 4 is 33.1 Å². The molecule has 2 aromatic heterocycles. The Kier molecular flexibility index (Phi) is 3.32. The zero-order chi connectivity index (χ0) is 12.5. The van der Waals surface area contributed by atoms with E-state index in [1.807, 2.05) is 12.1 Å². The Morgan fingerprint density at radius 3 is 2.78 bits per heavy atom. The normalized spacial score (nSPS) is 14.3. The van der Waals surface area contributed by atoms with Crippen molar-refractivity contribution in [2.75, 3.05) is 5.43 Å². The minimum atomic E-state index is 0.763. The zero-order valence-corrected chi connectivity index (χ0v) is 12.1. The first kappa shape index (κ1) is 12.1. The van der Waals surface area contributed by atoms with Crippen molar-refractivity contribution in [1.82, 2.24) is 9.97 Å². The van der Waals surface area contributed by atoms with Crippen LogP contribution in [0, 0.1) is 0 Å².